The third-order valence-electron chi connectivity index (χ3n) is 7.50. The van der Waals surface area contributed by atoms with Crippen molar-refractivity contribution >= 4 is 10.0 Å². The molecule has 0 spiro atoms. The van der Waals surface area contributed by atoms with Gasteiger partial charge in [0.2, 0.25) is 21.2 Å². The van der Waals surface area contributed by atoms with Gasteiger partial charge >= 0.3 is 0 Å². The van der Waals surface area contributed by atoms with Crippen molar-refractivity contribution in [1.29, 1.82) is 0 Å². The zero-order chi connectivity index (χ0) is 23.5. The molecule has 1 saturated carbocycles. The van der Waals surface area contributed by atoms with E-state index in [4.69, 9.17) is 9.15 Å². The molecule has 1 aliphatic carbocycles. The van der Waals surface area contributed by atoms with Crippen molar-refractivity contribution in [3.63, 3.8) is 0 Å². The topological polar surface area (TPSA) is 80.1 Å². The second-order valence-electron chi connectivity index (χ2n) is 10.1. The molecular weight excluding hydrogens is 452 g/mol. The van der Waals surface area contributed by atoms with Gasteiger partial charge in [0.25, 0.3) is 0 Å². The molecule has 2 aliphatic heterocycles. The summed E-state index contributed by atoms with van der Waals surface area (Å²) >= 11 is 0. The van der Waals surface area contributed by atoms with Crippen molar-refractivity contribution in [3.05, 3.63) is 63.7 Å². The highest BCUT2D eigenvalue weighted by molar-refractivity contribution is 7.89. The van der Waals surface area contributed by atoms with E-state index in [9.17, 15) is 13.2 Å². The van der Waals surface area contributed by atoms with Crippen LogP contribution < -0.4 is 10.2 Å². The number of hydrogen-bond acceptors (Lipinski definition) is 6. The van der Waals surface area contributed by atoms with E-state index in [0.29, 0.717) is 43.7 Å². The molecule has 1 aromatic heterocycles. The van der Waals surface area contributed by atoms with Crippen LogP contribution in [0.5, 0.6) is 5.75 Å². The van der Waals surface area contributed by atoms with Gasteiger partial charge in [0.15, 0.2) is 0 Å². The predicted octanol–water partition coefficient (Wildman–Crippen LogP) is 3.77. The monoisotopic (exact) mass is 486 g/mol. The fourth-order valence-electron chi connectivity index (χ4n) is 5.50. The Bertz CT molecular complexity index is 1120. The van der Waals surface area contributed by atoms with E-state index in [0.717, 1.165) is 51.6 Å². The van der Waals surface area contributed by atoms with Gasteiger partial charge in [0.05, 0.1) is 18.9 Å². The number of ether oxygens (including phenoxy) is 1. The van der Waals surface area contributed by atoms with Gasteiger partial charge in [-0.15, -0.1) is 0 Å². The van der Waals surface area contributed by atoms with Crippen LogP contribution in [0, 0.1) is 11.8 Å². The van der Waals surface area contributed by atoms with E-state index >= 15 is 0 Å². The average molecular weight is 487 g/mol. The normalized spacial score (nSPS) is 20.6. The van der Waals surface area contributed by atoms with Gasteiger partial charge in [-0.2, -0.15) is 0 Å². The van der Waals surface area contributed by atoms with Crippen LogP contribution in [0.4, 0.5) is 0 Å². The minimum Gasteiger partial charge on any atom is -0.486 e. The summed E-state index contributed by atoms with van der Waals surface area (Å²) in [4.78, 5) is 14.8. The van der Waals surface area contributed by atoms with Crippen molar-refractivity contribution in [2.75, 3.05) is 25.4 Å². The lowest BCUT2D eigenvalue weighted by molar-refractivity contribution is 0.179. The van der Waals surface area contributed by atoms with Crippen LogP contribution in [0.2, 0.25) is 0 Å². The number of rotatable bonds is 8. The van der Waals surface area contributed by atoms with Crippen molar-refractivity contribution in [2.24, 2.45) is 11.8 Å². The molecule has 7 nitrogen and oxygen atoms in total. The molecule has 2 aromatic rings. The van der Waals surface area contributed by atoms with Gasteiger partial charge in [-0.3, -0.25) is 9.69 Å². The number of piperidine rings is 1. The van der Waals surface area contributed by atoms with Crippen LogP contribution in [0.3, 0.4) is 0 Å². The third kappa shape index (κ3) is 5.56. The minimum atomic E-state index is -3.17. The molecule has 34 heavy (non-hydrogen) atoms. The summed E-state index contributed by atoms with van der Waals surface area (Å²) in [7, 11) is -3.17. The number of hydrogen-bond donors (Lipinski definition) is 0. The number of sulfonamides is 1. The third-order valence-corrected chi connectivity index (χ3v) is 9.55. The summed E-state index contributed by atoms with van der Waals surface area (Å²) in [5, 5.41) is 0. The first kappa shape index (κ1) is 23.6. The maximum absolute atomic E-state index is 12.7. The lowest BCUT2D eigenvalue weighted by Crippen LogP contribution is -2.41. The molecule has 5 rings (SSSR count). The van der Waals surface area contributed by atoms with Crippen molar-refractivity contribution in [3.8, 4) is 5.75 Å². The van der Waals surface area contributed by atoms with Gasteiger partial charge < -0.3 is 9.15 Å². The van der Waals surface area contributed by atoms with Gasteiger partial charge in [-0.05, 0) is 48.6 Å². The van der Waals surface area contributed by atoms with E-state index < -0.39 is 10.0 Å². The number of benzene rings is 1. The largest absolute Gasteiger partial charge is 0.486 e. The summed E-state index contributed by atoms with van der Waals surface area (Å²) in [6.45, 7) is 3.77. The first-order chi connectivity index (χ1) is 16.5. The molecule has 2 fully saturated rings. The number of nitrogens with zero attached hydrogens (tertiary/aromatic N) is 2. The Labute approximate surface area is 201 Å². The first-order valence-corrected chi connectivity index (χ1v) is 14.1. The van der Waals surface area contributed by atoms with Crippen LogP contribution in [0.15, 0.2) is 45.8 Å². The summed E-state index contributed by atoms with van der Waals surface area (Å²) in [6, 6.07) is 9.90. The van der Waals surface area contributed by atoms with E-state index in [-0.39, 0.29) is 17.1 Å². The molecule has 184 valence electrons. The van der Waals surface area contributed by atoms with Gasteiger partial charge in [-0.1, -0.05) is 37.1 Å². The molecule has 0 N–H and O–H groups in total. The molecule has 3 aliphatic rings. The smallest absolute Gasteiger partial charge is 0.227 e. The minimum absolute atomic E-state index is 0.172. The Morgan fingerprint density at radius 2 is 1.65 bits per heavy atom. The van der Waals surface area contributed by atoms with Crippen molar-refractivity contribution in [2.45, 2.75) is 58.2 Å². The SMILES string of the molecule is O=c1cc(CN2Cc3ccccc3C2)occ1OCC1CCN(S(=O)(=O)CC2CCCC2)CC1. The fraction of sp³-hybridized carbons (Fsp3) is 0.577. The zero-order valence-corrected chi connectivity index (χ0v) is 20.5. The molecule has 1 aromatic carbocycles. The fourth-order valence-corrected chi connectivity index (χ4v) is 7.41. The van der Waals surface area contributed by atoms with Gasteiger partial charge in [-0.25, -0.2) is 12.7 Å². The second-order valence-corrected chi connectivity index (χ2v) is 12.1. The second kappa shape index (κ2) is 10.2. The van der Waals surface area contributed by atoms with E-state index in [1.165, 1.54) is 23.5 Å². The molecule has 0 amide bonds. The quantitative estimate of drug-likeness (QED) is 0.565. The molecule has 0 unspecified atom stereocenters. The Morgan fingerprint density at radius 1 is 0.971 bits per heavy atom. The highest BCUT2D eigenvalue weighted by atomic mass is 32.2. The molecule has 0 bridgehead atoms. The number of fused-ring (bicyclic) bond motifs is 1. The van der Waals surface area contributed by atoms with Crippen LogP contribution in [-0.2, 0) is 29.7 Å². The van der Waals surface area contributed by atoms with Crippen LogP contribution in [-0.4, -0.2) is 43.1 Å². The maximum Gasteiger partial charge on any atom is 0.227 e. The zero-order valence-electron chi connectivity index (χ0n) is 19.7. The Balaban J connectivity index is 1.08. The lowest BCUT2D eigenvalue weighted by atomic mass is 9.99. The van der Waals surface area contributed by atoms with Gasteiger partial charge in [0.1, 0.15) is 12.0 Å². The molecule has 1 saturated heterocycles. The maximum atomic E-state index is 12.7. The predicted molar refractivity (Wildman–Crippen MR) is 130 cm³/mol. The molecule has 3 heterocycles. The van der Waals surface area contributed by atoms with Crippen LogP contribution in [0.1, 0.15) is 55.4 Å². The molecular formula is C26H34N2O5S. The highest BCUT2D eigenvalue weighted by Crippen LogP contribution is 2.29. The Hall–Kier alpha value is -2.16. The van der Waals surface area contributed by atoms with E-state index in [1.807, 2.05) is 12.1 Å². The van der Waals surface area contributed by atoms with Crippen LogP contribution in [0.25, 0.3) is 0 Å². The van der Waals surface area contributed by atoms with Crippen molar-refractivity contribution in [1.82, 2.24) is 9.21 Å². The Kier molecular flexibility index (Phi) is 7.09. The lowest BCUT2D eigenvalue weighted by Gasteiger charge is -2.31. The molecule has 0 radical (unpaired) electrons. The van der Waals surface area contributed by atoms with E-state index in [1.54, 1.807) is 4.31 Å². The van der Waals surface area contributed by atoms with Crippen molar-refractivity contribution < 1.29 is 17.6 Å². The summed E-state index contributed by atoms with van der Waals surface area (Å²) < 4.78 is 38.6. The standard InChI is InChI=1S/C26H34N2O5S/c29-25-13-24(16-27-14-22-7-3-4-8-23(22)15-27)32-18-26(25)33-17-20-9-11-28(12-10-20)34(30,31)19-21-5-1-2-6-21/h3-4,7-8,13,18,20-21H,1-2,5-6,9-12,14-17,19H2. The van der Waals surface area contributed by atoms with E-state index in [2.05, 4.69) is 17.0 Å². The summed E-state index contributed by atoms with van der Waals surface area (Å²) in [6.07, 6.45) is 7.31. The summed E-state index contributed by atoms with van der Waals surface area (Å²) in [5.74, 6) is 1.72. The van der Waals surface area contributed by atoms with Crippen LogP contribution >= 0.6 is 0 Å². The molecule has 8 heteroatoms. The van der Waals surface area contributed by atoms with Gasteiger partial charge in [0, 0.05) is 32.2 Å². The highest BCUT2D eigenvalue weighted by Gasteiger charge is 2.31. The first-order valence-electron chi connectivity index (χ1n) is 12.5. The average Bonchev–Trinajstić information content (AvgIpc) is 3.47. The summed E-state index contributed by atoms with van der Waals surface area (Å²) in [5.41, 5.74) is 2.47. The Morgan fingerprint density at radius 3 is 2.29 bits per heavy atom. The molecule has 0 atom stereocenters.